The molecule has 1 aromatic heterocycles. The van der Waals surface area contributed by atoms with Gasteiger partial charge < -0.3 is 10.0 Å². The Morgan fingerprint density at radius 1 is 1.59 bits per heavy atom. The molecule has 1 rings (SSSR count). The van der Waals surface area contributed by atoms with Crippen LogP contribution in [0.1, 0.15) is 29.4 Å². The number of terminal acetylenes is 1. The fourth-order valence-electron chi connectivity index (χ4n) is 1.49. The van der Waals surface area contributed by atoms with E-state index in [0.29, 0.717) is 12.4 Å². The van der Waals surface area contributed by atoms with Crippen molar-refractivity contribution in [2.75, 3.05) is 18.5 Å². The van der Waals surface area contributed by atoms with Crippen molar-refractivity contribution < 1.29 is 9.90 Å². The zero-order chi connectivity index (χ0) is 12.8. The van der Waals surface area contributed by atoms with Crippen molar-refractivity contribution in [3.63, 3.8) is 0 Å². The highest BCUT2D eigenvalue weighted by Gasteiger charge is 2.10. The van der Waals surface area contributed by atoms with Gasteiger partial charge in [0.1, 0.15) is 5.82 Å². The molecule has 0 aliphatic carbocycles. The van der Waals surface area contributed by atoms with Crippen molar-refractivity contribution in [3.05, 3.63) is 23.4 Å². The minimum absolute atomic E-state index is 0.252. The highest BCUT2D eigenvalue weighted by Crippen LogP contribution is 2.15. The maximum atomic E-state index is 11.0. The zero-order valence-corrected chi connectivity index (χ0v) is 10.1. The summed E-state index contributed by atoms with van der Waals surface area (Å²) in [5.41, 5.74) is 1.04. The van der Waals surface area contributed by atoms with E-state index in [-0.39, 0.29) is 5.56 Å². The molecule has 0 atom stereocenters. The minimum Gasteiger partial charge on any atom is -0.478 e. The third-order valence-corrected chi connectivity index (χ3v) is 2.34. The average Bonchev–Trinajstić information content (AvgIpc) is 2.29. The van der Waals surface area contributed by atoms with Crippen molar-refractivity contribution in [3.8, 4) is 12.3 Å². The van der Waals surface area contributed by atoms with E-state index >= 15 is 0 Å². The van der Waals surface area contributed by atoms with Gasteiger partial charge in [-0.05, 0) is 18.6 Å². The number of aryl methyl sites for hydroxylation is 1. The highest BCUT2D eigenvalue weighted by atomic mass is 16.4. The van der Waals surface area contributed by atoms with E-state index in [0.717, 1.165) is 18.5 Å². The maximum absolute atomic E-state index is 11.0. The third kappa shape index (κ3) is 3.49. The van der Waals surface area contributed by atoms with Gasteiger partial charge in [-0.15, -0.1) is 6.42 Å². The molecule has 90 valence electrons. The number of pyridine rings is 1. The van der Waals surface area contributed by atoms with E-state index in [1.165, 1.54) is 0 Å². The van der Waals surface area contributed by atoms with Gasteiger partial charge in [-0.2, -0.15) is 0 Å². The number of carboxylic acids is 1. The summed E-state index contributed by atoms with van der Waals surface area (Å²) in [6.07, 6.45) is 6.91. The Bertz CT molecular complexity index is 449. The summed E-state index contributed by atoms with van der Waals surface area (Å²) in [5.74, 6) is 2.16. The van der Waals surface area contributed by atoms with Crippen LogP contribution < -0.4 is 4.90 Å². The molecule has 0 saturated heterocycles. The van der Waals surface area contributed by atoms with Crippen LogP contribution in [0.25, 0.3) is 0 Å². The lowest BCUT2D eigenvalue weighted by molar-refractivity contribution is 0.0696. The van der Waals surface area contributed by atoms with Gasteiger partial charge in [0, 0.05) is 12.7 Å². The third-order valence-electron chi connectivity index (χ3n) is 2.34. The van der Waals surface area contributed by atoms with E-state index in [4.69, 9.17) is 11.5 Å². The van der Waals surface area contributed by atoms with Gasteiger partial charge in [0.25, 0.3) is 0 Å². The predicted molar refractivity (Wildman–Crippen MR) is 67.3 cm³/mol. The molecule has 0 spiro atoms. The molecule has 4 nitrogen and oxygen atoms in total. The highest BCUT2D eigenvalue weighted by molar-refractivity contribution is 5.88. The Kier molecular flexibility index (Phi) is 4.53. The molecule has 1 aromatic rings. The number of hydrogen-bond donors (Lipinski definition) is 1. The Morgan fingerprint density at radius 2 is 2.29 bits per heavy atom. The van der Waals surface area contributed by atoms with Crippen LogP contribution in [0, 0.1) is 12.3 Å². The molecule has 0 bridgehead atoms. The monoisotopic (exact) mass is 232 g/mol. The number of nitrogens with zero attached hydrogens (tertiary/aromatic N) is 2. The van der Waals surface area contributed by atoms with Gasteiger partial charge in [0.2, 0.25) is 0 Å². The molecule has 1 heterocycles. The summed E-state index contributed by atoms with van der Waals surface area (Å²) in [6.45, 7) is 2.43. The summed E-state index contributed by atoms with van der Waals surface area (Å²) in [6, 6.07) is 3.15. The van der Waals surface area contributed by atoms with E-state index in [9.17, 15) is 4.79 Å². The molecule has 0 unspecified atom stereocenters. The first-order valence-corrected chi connectivity index (χ1v) is 5.47. The van der Waals surface area contributed by atoms with Gasteiger partial charge in [0.05, 0.1) is 12.1 Å². The Balaban J connectivity index is 3.12. The molecule has 0 fully saturated rings. The van der Waals surface area contributed by atoms with Crippen LogP contribution in [0.4, 0.5) is 5.82 Å². The van der Waals surface area contributed by atoms with Gasteiger partial charge in [-0.1, -0.05) is 19.3 Å². The molecule has 0 aromatic carbocycles. The van der Waals surface area contributed by atoms with Crippen LogP contribution in [0.3, 0.4) is 0 Å². The number of aromatic carboxylic acids is 1. The first-order valence-electron chi connectivity index (χ1n) is 5.47. The number of hydrogen-bond acceptors (Lipinski definition) is 3. The summed E-state index contributed by atoms with van der Waals surface area (Å²) < 4.78 is 0. The van der Waals surface area contributed by atoms with Crippen molar-refractivity contribution in [2.24, 2.45) is 0 Å². The lowest BCUT2D eigenvalue weighted by atomic mass is 10.1. The van der Waals surface area contributed by atoms with Gasteiger partial charge in [-0.3, -0.25) is 0 Å². The fraction of sp³-hybridized carbons (Fsp3) is 0.385. The lowest BCUT2D eigenvalue weighted by Crippen LogP contribution is -2.19. The van der Waals surface area contributed by atoms with Gasteiger partial charge >= 0.3 is 5.97 Å². The molecule has 0 saturated carbocycles. The number of anilines is 1. The number of carboxylic acid groups (broad SMARTS) is 1. The summed E-state index contributed by atoms with van der Waals surface area (Å²) >= 11 is 0. The second kappa shape index (κ2) is 5.90. The number of aromatic nitrogens is 1. The standard InChI is InChI=1S/C13H16N2O2/c1-4-6-11-8-10(13(16)17)9-12(14-11)15(3)7-5-2/h2,8-9H,4,6-7H2,1,3H3,(H,16,17). The molecule has 1 N–H and O–H groups in total. The molecule has 0 aliphatic heterocycles. The van der Waals surface area contributed by atoms with E-state index in [1.54, 1.807) is 24.1 Å². The molecule has 17 heavy (non-hydrogen) atoms. The second-order valence-electron chi connectivity index (χ2n) is 3.82. The van der Waals surface area contributed by atoms with Crippen molar-refractivity contribution in [1.29, 1.82) is 0 Å². The largest absolute Gasteiger partial charge is 0.478 e. The predicted octanol–water partition coefficient (Wildman–Crippen LogP) is 1.80. The topological polar surface area (TPSA) is 53.4 Å². The summed E-state index contributed by atoms with van der Waals surface area (Å²) in [5, 5.41) is 9.03. The van der Waals surface area contributed by atoms with Crippen molar-refractivity contribution in [2.45, 2.75) is 19.8 Å². The van der Waals surface area contributed by atoms with Crippen LogP contribution in [0.2, 0.25) is 0 Å². The molecule has 0 radical (unpaired) electrons. The van der Waals surface area contributed by atoms with E-state index in [1.807, 2.05) is 6.92 Å². The van der Waals surface area contributed by atoms with Crippen molar-refractivity contribution in [1.82, 2.24) is 4.98 Å². The Hall–Kier alpha value is -2.02. The molecule has 4 heteroatoms. The van der Waals surface area contributed by atoms with E-state index in [2.05, 4.69) is 10.9 Å². The van der Waals surface area contributed by atoms with Crippen LogP contribution in [-0.2, 0) is 6.42 Å². The van der Waals surface area contributed by atoms with Gasteiger partial charge in [0.15, 0.2) is 0 Å². The summed E-state index contributed by atoms with van der Waals surface area (Å²) in [4.78, 5) is 17.2. The molecule has 0 amide bonds. The lowest BCUT2D eigenvalue weighted by Gasteiger charge is -2.16. The molecular weight excluding hydrogens is 216 g/mol. The SMILES string of the molecule is C#CCN(C)c1cc(C(=O)O)cc(CCC)n1. The van der Waals surface area contributed by atoms with Gasteiger partial charge in [-0.25, -0.2) is 9.78 Å². The fourth-order valence-corrected chi connectivity index (χ4v) is 1.49. The second-order valence-corrected chi connectivity index (χ2v) is 3.82. The summed E-state index contributed by atoms with van der Waals surface area (Å²) in [7, 11) is 1.80. The Morgan fingerprint density at radius 3 is 2.82 bits per heavy atom. The first kappa shape index (κ1) is 13.0. The zero-order valence-electron chi connectivity index (χ0n) is 10.1. The maximum Gasteiger partial charge on any atom is 0.335 e. The molecular formula is C13H16N2O2. The van der Waals surface area contributed by atoms with Crippen LogP contribution in [0.15, 0.2) is 12.1 Å². The smallest absolute Gasteiger partial charge is 0.335 e. The Labute approximate surface area is 101 Å². The normalized spacial score (nSPS) is 9.71. The van der Waals surface area contributed by atoms with Crippen LogP contribution in [0.5, 0.6) is 0 Å². The van der Waals surface area contributed by atoms with Crippen LogP contribution in [-0.4, -0.2) is 29.7 Å². The number of rotatable bonds is 5. The average molecular weight is 232 g/mol. The van der Waals surface area contributed by atoms with Crippen molar-refractivity contribution >= 4 is 11.8 Å². The minimum atomic E-state index is -0.944. The first-order chi connectivity index (χ1) is 8.08. The van der Waals surface area contributed by atoms with Crippen LogP contribution >= 0.6 is 0 Å². The quantitative estimate of drug-likeness (QED) is 0.786. The van der Waals surface area contributed by atoms with E-state index < -0.39 is 5.97 Å². The number of carbonyl (C=O) groups is 1. The molecule has 0 aliphatic rings.